The number of benzene rings is 4. The van der Waals surface area contributed by atoms with Crippen LogP contribution < -0.4 is 21.8 Å². The third-order valence-corrected chi connectivity index (χ3v) is 8.50. The molecule has 5 N–H and O–H groups in total. The number of rotatable bonds is 5. The summed E-state index contributed by atoms with van der Waals surface area (Å²) in [5, 5.41) is 17.3. The molecule has 40 heavy (non-hydrogen) atoms. The van der Waals surface area contributed by atoms with Crippen LogP contribution in [0.5, 0.6) is 0 Å². The molecule has 4 aromatic carbocycles. The average molecular weight is 550 g/mol. The van der Waals surface area contributed by atoms with Crippen LogP contribution in [0.4, 0.5) is 5.69 Å². The number of amidine groups is 1. The van der Waals surface area contributed by atoms with Crippen LogP contribution in [0, 0.1) is 6.92 Å². The highest BCUT2D eigenvalue weighted by atomic mass is 35.5. The summed E-state index contributed by atoms with van der Waals surface area (Å²) in [7, 11) is 0. The van der Waals surface area contributed by atoms with Crippen LogP contribution in [-0.2, 0) is 10.2 Å². The minimum atomic E-state index is -0.964. The SMILES string of the molecule is Cc1ccc(C2CC23C(=O)Nc2cc(Cl)c(-c4ccc(-c5ccc(C6=NNNN6)cc5)cc4)cc23)cc1C(=O)O. The Hall–Kier alpha value is -4.66. The lowest BCUT2D eigenvalue weighted by atomic mass is 9.89. The van der Waals surface area contributed by atoms with Gasteiger partial charge in [-0.3, -0.25) is 10.2 Å². The zero-order valence-electron chi connectivity index (χ0n) is 21.4. The van der Waals surface area contributed by atoms with Crippen molar-refractivity contribution in [2.75, 3.05) is 5.32 Å². The number of hydrazine groups is 2. The van der Waals surface area contributed by atoms with Gasteiger partial charge in [-0.05, 0) is 64.9 Å². The van der Waals surface area contributed by atoms with Crippen LogP contribution in [0.2, 0.25) is 5.02 Å². The van der Waals surface area contributed by atoms with Gasteiger partial charge in [0.2, 0.25) is 5.91 Å². The molecule has 1 saturated carbocycles. The van der Waals surface area contributed by atoms with Crippen LogP contribution >= 0.6 is 11.6 Å². The number of carbonyl (C=O) groups excluding carboxylic acids is 1. The number of carboxylic acids is 1. The van der Waals surface area contributed by atoms with Crippen LogP contribution in [0.15, 0.2) is 84.0 Å². The number of hydrazone groups is 1. The minimum Gasteiger partial charge on any atom is -0.478 e. The Morgan fingerprint density at radius 2 is 1.62 bits per heavy atom. The fourth-order valence-electron chi connectivity index (χ4n) is 5.92. The molecule has 9 heteroatoms. The normalized spacial score (nSPS) is 20.4. The fourth-order valence-corrected chi connectivity index (χ4v) is 6.20. The molecule has 0 saturated heterocycles. The number of anilines is 1. The number of carbonyl (C=O) groups is 2. The van der Waals surface area contributed by atoms with Crippen molar-refractivity contribution in [3.05, 3.63) is 112 Å². The van der Waals surface area contributed by atoms with Crippen LogP contribution in [0.1, 0.15) is 45.0 Å². The molecule has 0 radical (unpaired) electrons. The number of hydrogen-bond acceptors (Lipinski definition) is 6. The standard InChI is InChI=1S/C31H24ClN5O3/c1-16-2-3-21(12-22(16)29(38)39)25-15-31(25)24-13-23(26(32)14-27(24)33-30(31)40)19-8-4-17(5-9-19)18-6-10-20(11-7-18)28-34-36-37-35-28/h2-14,25,36-37H,15H2,1H3,(H,33,40)(H,34,35)(H,38,39). The van der Waals surface area contributed by atoms with Gasteiger partial charge in [0.25, 0.3) is 0 Å². The minimum absolute atomic E-state index is 0.0673. The molecule has 4 aromatic rings. The fraction of sp³-hybridized carbons (Fsp3) is 0.129. The van der Waals surface area contributed by atoms with Gasteiger partial charge in [-0.25, -0.2) is 10.3 Å². The van der Waals surface area contributed by atoms with E-state index in [4.69, 9.17) is 11.6 Å². The van der Waals surface area contributed by atoms with E-state index in [1.165, 1.54) is 0 Å². The van der Waals surface area contributed by atoms with Gasteiger partial charge in [-0.15, -0.1) is 10.6 Å². The molecule has 2 aliphatic heterocycles. The van der Waals surface area contributed by atoms with Gasteiger partial charge in [0, 0.05) is 22.7 Å². The molecule has 1 amide bonds. The van der Waals surface area contributed by atoms with E-state index in [0.717, 1.165) is 50.5 Å². The predicted molar refractivity (Wildman–Crippen MR) is 154 cm³/mol. The van der Waals surface area contributed by atoms with Gasteiger partial charge >= 0.3 is 5.97 Å². The molecule has 7 rings (SSSR count). The Labute approximate surface area is 235 Å². The molecule has 0 aromatic heterocycles. The number of carboxylic acid groups (broad SMARTS) is 1. The smallest absolute Gasteiger partial charge is 0.335 e. The first-order chi connectivity index (χ1) is 19.3. The largest absolute Gasteiger partial charge is 0.478 e. The zero-order chi connectivity index (χ0) is 27.6. The zero-order valence-corrected chi connectivity index (χ0v) is 22.1. The molecule has 8 nitrogen and oxygen atoms in total. The Morgan fingerprint density at radius 3 is 2.27 bits per heavy atom. The number of fused-ring (bicyclic) bond motifs is 2. The first-order valence-corrected chi connectivity index (χ1v) is 13.3. The Morgan fingerprint density at radius 1 is 0.950 bits per heavy atom. The highest BCUT2D eigenvalue weighted by Crippen LogP contribution is 2.65. The Balaban J connectivity index is 1.19. The number of aromatic carboxylic acids is 1. The van der Waals surface area contributed by atoms with E-state index in [2.05, 4.69) is 39.0 Å². The monoisotopic (exact) mass is 549 g/mol. The molecule has 198 valence electrons. The molecule has 2 heterocycles. The summed E-state index contributed by atoms with van der Waals surface area (Å²) in [5.74, 6) is -0.402. The molecule has 1 fully saturated rings. The molecule has 2 unspecified atom stereocenters. The first kappa shape index (κ1) is 24.4. The summed E-state index contributed by atoms with van der Waals surface area (Å²) in [6.07, 6.45) is 0.623. The van der Waals surface area contributed by atoms with Gasteiger partial charge in [-0.2, -0.15) is 0 Å². The lowest BCUT2D eigenvalue weighted by Crippen LogP contribution is -2.35. The van der Waals surface area contributed by atoms with Gasteiger partial charge < -0.3 is 10.4 Å². The second kappa shape index (κ2) is 8.94. The topological polar surface area (TPSA) is 115 Å². The van der Waals surface area contributed by atoms with Gasteiger partial charge in [-0.1, -0.05) is 72.3 Å². The van der Waals surface area contributed by atoms with Gasteiger partial charge in [0.1, 0.15) is 0 Å². The summed E-state index contributed by atoms with van der Waals surface area (Å²) in [6, 6.07) is 25.6. The molecule has 2 atom stereocenters. The molecular formula is C31H24ClN5O3. The highest BCUT2D eigenvalue weighted by Gasteiger charge is 2.65. The Kier molecular flexibility index (Phi) is 5.45. The molecular weight excluding hydrogens is 526 g/mol. The maximum atomic E-state index is 13.3. The summed E-state index contributed by atoms with van der Waals surface area (Å²) >= 11 is 6.72. The van der Waals surface area contributed by atoms with Gasteiger partial charge in [0.15, 0.2) is 5.84 Å². The van der Waals surface area contributed by atoms with E-state index in [0.29, 0.717) is 17.0 Å². The number of amides is 1. The summed E-state index contributed by atoms with van der Waals surface area (Å²) in [5.41, 5.74) is 16.0. The van der Waals surface area contributed by atoms with Crippen molar-refractivity contribution in [1.29, 1.82) is 0 Å². The van der Waals surface area contributed by atoms with Gasteiger partial charge in [0.05, 0.1) is 16.0 Å². The number of aryl methyl sites for hydroxylation is 1. The Bertz CT molecular complexity index is 1750. The summed E-state index contributed by atoms with van der Waals surface area (Å²) in [6.45, 7) is 1.78. The summed E-state index contributed by atoms with van der Waals surface area (Å²) < 4.78 is 0. The van der Waals surface area contributed by atoms with E-state index >= 15 is 0 Å². The average Bonchev–Trinajstić information content (AvgIpc) is 3.34. The lowest BCUT2D eigenvalue weighted by molar-refractivity contribution is -0.118. The maximum Gasteiger partial charge on any atom is 0.335 e. The molecule has 1 spiro atoms. The third-order valence-electron chi connectivity index (χ3n) is 8.19. The second-order valence-corrected chi connectivity index (χ2v) is 10.8. The second-order valence-electron chi connectivity index (χ2n) is 10.4. The quantitative estimate of drug-likeness (QED) is 0.230. The van der Waals surface area contributed by atoms with Crippen LogP contribution in [0.3, 0.4) is 0 Å². The van der Waals surface area contributed by atoms with Crippen molar-refractivity contribution < 1.29 is 14.7 Å². The third kappa shape index (κ3) is 3.76. The molecule has 0 bridgehead atoms. The van der Waals surface area contributed by atoms with Crippen molar-refractivity contribution in [3.63, 3.8) is 0 Å². The van der Waals surface area contributed by atoms with Crippen molar-refractivity contribution in [2.45, 2.75) is 24.7 Å². The van der Waals surface area contributed by atoms with Crippen molar-refractivity contribution in [2.24, 2.45) is 5.10 Å². The molecule has 1 aliphatic carbocycles. The predicted octanol–water partition coefficient (Wildman–Crippen LogP) is 5.33. The van der Waals surface area contributed by atoms with E-state index in [-0.39, 0.29) is 17.4 Å². The van der Waals surface area contributed by atoms with E-state index in [1.54, 1.807) is 13.0 Å². The molecule has 3 aliphatic rings. The van der Waals surface area contributed by atoms with Crippen molar-refractivity contribution in [3.8, 4) is 22.3 Å². The van der Waals surface area contributed by atoms with Crippen molar-refractivity contribution >= 4 is 35.0 Å². The van der Waals surface area contributed by atoms with E-state index in [9.17, 15) is 14.7 Å². The number of nitrogens with zero attached hydrogens (tertiary/aromatic N) is 1. The highest BCUT2D eigenvalue weighted by molar-refractivity contribution is 6.34. The first-order valence-electron chi connectivity index (χ1n) is 12.9. The lowest BCUT2D eigenvalue weighted by Gasteiger charge is -2.13. The van der Waals surface area contributed by atoms with E-state index in [1.807, 2.05) is 60.7 Å². The van der Waals surface area contributed by atoms with E-state index < -0.39 is 11.4 Å². The number of nitrogens with one attached hydrogen (secondary N) is 4. The van der Waals surface area contributed by atoms with Crippen LogP contribution in [0.25, 0.3) is 22.3 Å². The van der Waals surface area contributed by atoms with Crippen LogP contribution in [-0.4, -0.2) is 22.8 Å². The maximum absolute atomic E-state index is 13.3. The number of halogens is 1. The number of hydrogen-bond donors (Lipinski definition) is 5. The van der Waals surface area contributed by atoms with Crippen molar-refractivity contribution in [1.82, 2.24) is 16.5 Å². The summed E-state index contributed by atoms with van der Waals surface area (Å²) in [4.78, 5) is 25.0.